The number of benzene rings is 2. The Morgan fingerprint density at radius 1 is 0.639 bits per heavy atom. The first-order valence-electron chi connectivity index (χ1n) is 13.2. The molecule has 1 N–H and O–H groups in total. The lowest BCUT2D eigenvalue weighted by Crippen LogP contribution is -2.73. The summed E-state index contributed by atoms with van der Waals surface area (Å²) in [6.07, 6.45) is 2.11. The summed E-state index contributed by atoms with van der Waals surface area (Å²) in [7, 11) is 0. The Bertz CT molecular complexity index is 1060. The molecule has 3 saturated heterocycles. The maximum atomic E-state index is 5.74. The number of piperazine rings is 1. The van der Waals surface area contributed by atoms with Gasteiger partial charge in [0, 0.05) is 69.8 Å². The summed E-state index contributed by atoms with van der Waals surface area (Å²) in [5.74, 6) is 0.523. The summed E-state index contributed by atoms with van der Waals surface area (Å²) in [6.45, 7) is 10.2. The summed E-state index contributed by atoms with van der Waals surface area (Å²) in [6, 6.07) is 21.3. The Kier molecular flexibility index (Phi) is 6.92. The molecule has 6 rings (SSSR count). The largest absolute Gasteiger partial charge is 0.379 e. The van der Waals surface area contributed by atoms with Gasteiger partial charge in [0.05, 0.1) is 26.4 Å². The van der Waals surface area contributed by atoms with Crippen molar-refractivity contribution in [2.45, 2.75) is 5.91 Å². The lowest BCUT2D eigenvalue weighted by atomic mass is 10.0. The van der Waals surface area contributed by atoms with Crippen LogP contribution in [0.5, 0.6) is 0 Å². The number of rotatable bonds is 5. The van der Waals surface area contributed by atoms with Crippen molar-refractivity contribution in [1.29, 1.82) is 0 Å². The number of ether oxygens (including phenoxy) is 2. The number of hydrogen-bond donors (Lipinski definition) is 1. The van der Waals surface area contributed by atoms with Crippen LogP contribution in [0.2, 0.25) is 0 Å². The zero-order valence-corrected chi connectivity index (χ0v) is 20.9. The minimum absolute atomic E-state index is 0.627. The highest BCUT2D eigenvalue weighted by atomic mass is 16.5. The van der Waals surface area contributed by atoms with Crippen molar-refractivity contribution < 1.29 is 9.47 Å². The third kappa shape index (κ3) is 4.62. The fourth-order valence-corrected chi connectivity index (χ4v) is 5.65. The minimum Gasteiger partial charge on any atom is -0.379 e. The molecule has 190 valence electrons. The molecule has 1 atom stereocenters. The number of allylic oxidation sites excluding steroid dienone is 1. The monoisotopic (exact) mass is 488 g/mol. The van der Waals surface area contributed by atoms with Crippen LogP contribution in [-0.4, -0.2) is 106 Å². The van der Waals surface area contributed by atoms with Crippen LogP contribution < -0.4 is 10.2 Å². The quantitative estimate of drug-likeness (QED) is 0.692. The van der Waals surface area contributed by atoms with E-state index in [1.54, 1.807) is 0 Å². The van der Waals surface area contributed by atoms with Gasteiger partial charge in [-0.3, -0.25) is 0 Å². The molecule has 0 aliphatic carbocycles. The zero-order valence-electron chi connectivity index (χ0n) is 20.9. The molecule has 4 aliphatic heterocycles. The lowest BCUT2D eigenvalue weighted by molar-refractivity contribution is -0.118. The second-order valence-electron chi connectivity index (χ2n) is 9.66. The fourth-order valence-electron chi connectivity index (χ4n) is 5.65. The Morgan fingerprint density at radius 3 is 1.89 bits per heavy atom. The molecule has 8 heteroatoms. The summed E-state index contributed by atoms with van der Waals surface area (Å²) in [5.41, 5.74) is 3.61. The molecular weight excluding hydrogens is 452 g/mol. The number of hydrogen-bond acceptors (Lipinski definition) is 8. The predicted molar refractivity (Wildman–Crippen MR) is 143 cm³/mol. The van der Waals surface area contributed by atoms with Gasteiger partial charge in [-0.2, -0.15) is 0 Å². The molecule has 0 saturated carbocycles. The van der Waals surface area contributed by atoms with Crippen LogP contribution in [0.25, 0.3) is 5.57 Å². The third-order valence-corrected chi connectivity index (χ3v) is 7.62. The number of nitrogens with zero attached hydrogens (tertiary/aromatic N) is 5. The van der Waals surface area contributed by atoms with Gasteiger partial charge >= 0.3 is 0 Å². The van der Waals surface area contributed by atoms with Crippen LogP contribution >= 0.6 is 0 Å². The van der Waals surface area contributed by atoms with Gasteiger partial charge in [-0.15, -0.1) is 0 Å². The average Bonchev–Trinajstić information content (AvgIpc) is 2.99. The van der Waals surface area contributed by atoms with Gasteiger partial charge in [-0.1, -0.05) is 48.5 Å². The van der Waals surface area contributed by atoms with Crippen LogP contribution in [0.15, 0.2) is 71.5 Å². The summed E-state index contributed by atoms with van der Waals surface area (Å²) in [4.78, 5) is 15.2. The molecule has 3 fully saturated rings. The van der Waals surface area contributed by atoms with Crippen LogP contribution in [0.3, 0.4) is 0 Å². The van der Waals surface area contributed by atoms with Gasteiger partial charge in [0.25, 0.3) is 5.91 Å². The zero-order chi connectivity index (χ0) is 24.2. The van der Waals surface area contributed by atoms with E-state index < -0.39 is 5.91 Å². The van der Waals surface area contributed by atoms with Crippen molar-refractivity contribution in [2.24, 2.45) is 4.99 Å². The van der Waals surface area contributed by atoms with E-state index in [9.17, 15) is 0 Å². The van der Waals surface area contributed by atoms with Crippen molar-refractivity contribution in [3.8, 4) is 0 Å². The van der Waals surface area contributed by atoms with Crippen molar-refractivity contribution in [3.63, 3.8) is 0 Å². The maximum absolute atomic E-state index is 5.74. The van der Waals surface area contributed by atoms with Gasteiger partial charge in [0.15, 0.2) is 0 Å². The molecular formula is C28H36N6O2. The van der Waals surface area contributed by atoms with Crippen LogP contribution in [0, 0.1) is 0 Å². The highest BCUT2D eigenvalue weighted by Gasteiger charge is 2.47. The van der Waals surface area contributed by atoms with Crippen molar-refractivity contribution in [3.05, 3.63) is 72.0 Å². The van der Waals surface area contributed by atoms with Gasteiger partial charge < -0.3 is 24.6 Å². The van der Waals surface area contributed by atoms with E-state index in [-0.39, 0.29) is 0 Å². The fraction of sp³-hybridized carbons (Fsp3) is 0.464. The molecule has 0 bridgehead atoms. The molecule has 0 spiro atoms. The highest BCUT2D eigenvalue weighted by Crippen LogP contribution is 2.32. The Balaban J connectivity index is 1.33. The van der Waals surface area contributed by atoms with Crippen LogP contribution in [0.1, 0.15) is 5.56 Å². The van der Waals surface area contributed by atoms with Gasteiger partial charge in [-0.05, 0) is 17.7 Å². The summed E-state index contributed by atoms with van der Waals surface area (Å²) < 4.78 is 11.4. The second kappa shape index (κ2) is 10.6. The van der Waals surface area contributed by atoms with Crippen molar-refractivity contribution in [2.75, 3.05) is 83.7 Å². The highest BCUT2D eigenvalue weighted by molar-refractivity contribution is 6.11. The second-order valence-corrected chi connectivity index (χ2v) is 9.66. The first-order valence-corrected chi connectivity index (χ1v) is 13.2. The molecule has 8 nitrogen and oxygen atoms in total. The smallest absolute Gasteiger partial charge is 0.251 e. The van der Waals surface area contributed by atoms with E-state index in [1.807, 2.05) is 0 Å². The minimum atomic E-state index is -0.627. The normalized spacial score (nSPS) is 26.2. The third-order valence-electron chi connectivity index (χ3n) is 7.62. The maximum Gasteiger partial charge on any atom is 0.251 e. The topological polar surface area (TPSA) is 55.8 Å². The van der Waals surface area contributed by atoms with E-state index in [2.05, 4.69) is 91.8 Å². The standard InChI is InChI=1S/C28H36N6O2/c1-3-7-24(8-4-1)26-23-29-28(34-17-21-36-22-18-34,30-27(26)32-15-19-35-20-16-32)33-13-11-31(12-14-33)25-9-5-2-6-10-25/h1-10,23,30H,11-22H2. The van der Waals surface area contributed by atoms with Gasteiger partial charge in [-0.25, -0.2) is 14.8 Å². The molecule has 1 unspecified atom stereocenters. The number of aliphatic imine (C=N–C) groups is 1. The number of nitrogens with one attached hydrogen (secondary N) is 1. The molecule has 36 heavy (non-hydrogen) atoms. The van der Waals surface area contributed by atoms with Gasteiger partial charge in [0.2, 0.25) is 0 Å². The number of morpholine rings is 2. The van der Waals surface area contributed by atoms with E-state index in [0.717, 1.165) is 90.2 Å². The van der Waals surface area contributed by atoms with Crippen molar-refractivity contribution >= 4 is 17.5 Å². The van der Waals surface area contributed by atoms with E-state index in [1.165, 1.54) is 11.3 Å². The van der Waals surface area contributed by atoms with E-state index in [0.29, 0.717) is 0 Å². The molecule has 4 aliphatic rings. The van der Waals surface area contributed by atoms with Crippen LogP contribution in [-0.2, 0) is 9.47 Å². The molecule has 0 amide bonds. The number of anilines is 1. The first kappa shape index (κ1) is 23.5. The van der Waals surface area contributed by atoms with Crippen molar-refractivity contribution in [1.82, 2.24) is 20.0 Å². The van der Waals surface area contributed by atoms with Crippen LogP contribution in [0.4, 0.5) is 5.69 Å². The molecule has 0 aromatic heterocycles. The average molecular weight is 489 g/mol. The SMILES string of the molecule is C1=NC(N2CCOCC2)(N2CCN(c3ccccc3)CC2)NC(N2CCOCC2)=C1c1ccccc1. The number of para-hydroxylation sites is 1. The van der Waals surface area contributed by atoms with Gasteiger partial charge in [0.1, 0.15) is 5.82 Å². The lowest BCUT2D eigenvalue weighted by Gasteiger charge is -2.54. The Morgan fingerprint density at radius 2 is 1.22 bits per heavy atom. The van der Waals surface area contributed by atoms with E-state index >= 15 is 0 Å². The van der Waals surface area contributed by atoms with E-state index in [4.69, 9.17) is 14.5 Å². The predicted octanol–water partition coefficient (Wildman–Crippen LogP) is 2.13. The Labute approximate surface area is 213 Å². The Hall–Kier alpha value is -2.91. The first-order chi connectivity index (χ1) is 17.8. The molecule has 2 aromatic rings. The summed E-state index contributed by atoms with van der Waals surface area (Å²) in [5, 5.41) is 4.01. The molecule has 2 aromatic carbocycles. The molecule has 0 radical (unpaired) electrons. The molecule has 4 heterocycles. The summed E-state index contributed by atoms with van der Waals surface area (Å²) >= 11 is 0.